The summed E-state index contributed by atoms with van der Waals surface area (Å²) in [5, 5.41) is -0.944. The molecular formula is C10H10F3NO2S. The lowest BCUT2D eigenvalue weighted by Gasteiger charge is -2.10. The summed E-state index contributed by atoms with van der Waals surface area (Å²) in [6, 6.07) is 3.21. The molecule has 2 rings (SSSR count). The lowest BCUT2D eigenvalue weighted by molar-refractivity contribution is -0.138. The van der Waals surface area contributed by atoms with Gasteiger partial charge in [-0.1, -0.05) is 6.07 Å². The van der Waals surface area contributed by atoms with Crippen LogP contribution in [0.15, 0.2) is 23.1 Å². The Morgan fingerprint density at radius 1 is 1.35 bits per heavy atom. The van der Waals surface area contributed by atoms with E-state index in [1.165, 1.54) is 6.07 Å². The molecule has 1 heterocycles. The van der Waals surface area contributed by atoms with Gasteiger partial charge in [0, 0.05) is 6.54 Å². The van der Waals surface area contributed by atoms with Crippen molar-refractivity contribution < 1.29 is 21.6 Å². The Bertz CT molecular complexity index is 551. The van der Waals surface area contributed by atoms with E-state index in [4.69, 9.17) is 5.73 Å². The molecule has 7 heteroatoms. The van der Waals surface area contributed by atoms with Gasteiger partial charge >= 0.3 is 6.18 Å². The normalized spacial score (nSPS) is 22.5. The van der Waals surface area contributed by atoms with Crippen LogP contribution in [0.5, 0.6) is 0 Å². The minimum absolute atomic E-state index is 0.157. The molecule has 0 saturated carbocycles. The van der Waals surface area contributed by atoms with Gasteiger partial charge in [-0.3, -0.25) is 0 Å². The number of hydrogen-bond acceptors (Lipinski definition) is 3. The molecule has 94 valence electrons. The molecule has 1 unspecified atom stereocenters. The fourth-order valence-electron chi connectivity index (χ4n) is 2.04. The van der Waals surface area contributed by atoms with E-state index in [0.29, 0.717) is 0 Å². The second kappa shape index (κ2) is 3.71. The Balaban J connectivity index is 2.67. The zero-order valence-corrected chi connectivity index (χ0v) is 9.48. The van der Waals surface area contributed by atoms with E-state index in [0.717, 1.165) is 12.1 Å². The largest absolute Gasteiger partial charge is 0.416 e. The number of hydrogen-bond donors (Lipinski definition) is 1. The molecule has 0 aliphatic carbocycles. The predicted molar refractivity (Wildman–Crippen MR) is 55.2 cm³/mol. The van der Waals surface area contributed by atoms with Gasteiger partial charge in [0.05, 0.1) is 15.7 Å². The van der Waals surface area contributed by atoms with Crippen molar-refractivity contribution in [3.05, 3.63) is 29.3 Å². The highest BCUT2D eigenvalue weighted by atomic mass is 32.2. The molecule has 0 amide bonds. The maximum Gasteiger partial charge on any atom is 0.416 e. The molecule has 2 N–H and O–H groups in total. The monoisotopic (exact) mass is 265 g/mol. The molecule has 0 aromatic heterocycles. The van der Waals surface area contributed by atoms with Crippen LogP contribution < -0.4 is 5.73 Å². The molecule has 17 heavy (non-hydrogen) atoms. The first-order valence-electron chi connectivity index (χ1n) is 4.91. The SMILES string of the molecule is NCC1Cc2c(C(F)(F)F)cccc2S1(=O)=O. The highest BCUT2D eigenvalue weighted by molar-refractivity contribution is 7.92. The Morgan fingerprint density at radius 3 is 2.53 bits per heavy atom. The van der Waals surface area contributed by atoms with Crippen molar-refractivity contribution >= 4 is 9.84 Å². The minimum atomic E-state index is -4.54. The van der Waals surface area contributed by atoms with Crippen molar-refractivity contribution in [2.24, 2.45) is 5.73 Å². The summed E-state index contributed by atoms with van der Waals surface area (Å²) in [6.45, 7) is -0.172. The number of benzene rings is 1. The first-order chi connectivity index (χ1) is 7.78. The maximum atomic E-state index is 12.7. The van der Waals surface area contributed by atoms with Crippen LogP contribution in [-0.4, -0.2) is 20.2 Å². The number of rotatable bonds is 1. The Kier molecular flexibility index (Phi) is 2.70. The third kappa shape index (κ3) is 1.83. The number of sulfone groups is 1. The van der Waals surface area contributed by atoms with Gasteiger partial charge in [0.1, 0.15) is 0 Å². The van der Waals surface area contributed by atoms with Crippen LogP contribution in [0.25, 0.3) is 0 Å². The highest BCUT2D eigenvalue weighted by Crippen LogP contribution is 2.40. The van der Waals surface area contributed by atoms with Crippen LogP contribution in [0.3, 0.4) is 0 Å². The lowest BCUT2D eigenvalue weighted by Crippen LogP contribution is -2.26. The van der Waals surface area contributed by atoms with Crippen molar-refractivity contribution in [2.75, 3.05) is 6.54 Å². The smallest absolute Gasteiger partial charge is 0.329 e. The third-order valence-electron chi connectivity index (χ3n) is 2.88. The van der Waals surface area contributed by atoms with Crippen LogP contribution >= 0.6 is 0 Å². The average molecular weight is 265 g/mol. The lowest BCUT2D eigenvalue weighted by atomic mass is 10.0. The molecule has 0 bridgehead atoms. The second-order valence-corrected chi connectivity index (χ2v) is 6.08. The first kappa shape index (κ1) is 12.4. The van der Waals surface area contributed by atoms with Crippen molar-refractivity contribution in [1.29, 1.82) is 0 Å². The van der Waals surface area contributed by atoms with E-state index < -0.39 is 26.8 Å². The molecule has 0 radical (unpaired) electrons. The molecule has 3 nitrogen and oxygen atoms in total. The summed E-state index contributed by atoms with van der Waals surface area (Å²) in [4.78, 5) is -0.234. The van der Waals surface area contributed by atoms with Crippen molar-refractivity contribution in [2.45, 2.75) is 22.7 Å². The maximum absolute atomic E-state index is 12.7. The van der Waals surface area contributed by atoms with Crippen LogP contribution in [0, 0.1) is 0 Å². The van der Waals surface area contributed by atoms with Crippen LogP contribution in [-0.2, 0) is 22.4 Å². The zero-order chi connectivity index (χ0) is 12.8. The molecule has 1 aromatic rings. The van der Waals surface area contributed by atoms with Gasteiger partial charge in [-0.05, 0) is 24.1 Å². The molecule has 0 fully saturated rings. The van der Waals surface area contributed by atoms with E-state index in [1.54, 1.807) is 0 Å². The molecule has 1 aliphatic heterocycles. The second-order valence-electron chi connectivity index (χ2n) is 3.89. The summed E-state index contributed by atoms with van der Waals surface area (Å²) in [6.07, 6.45) is -4.70. The number of alkyl halides is 3. The third-order valence-corrected chi connectivity index (χ3v) is 5.11. The van der Waals surface area contributed by atoms with E-state index in [-0.39, 0.29) is 23.4 Å². The quantitative estimate of drug-likeness (QED) is 0.834. The van der Waals surface area contributed by atoms with Gasteiger partial charge in [-0.25, -0.2) is 8.42 Å². The Morgan fingerprint density at radius 2 is 2.00 bits per heavy atom. The summed E-state index contributed by atoms with van der Waals surface area (Å²) < 4.78 is 61.8. The fourth-order valence-corrected chi connectivity index (χ4v) is 3.84. The van der Waals surface area contributed by atoms with Crippen LogP contribution in [0.1, 0.15) is 11.1 Å². The number of nitrogens with two attached hydrogens (primary N) is 1. The van der Waals surface area contributed by atoms with E-state index in [1.807, 2.05) is 0 Å². The van der Waals surface area contributed by atoms with Gasteiger partial charge in [0.25, 0.3) is 0 Å². The van der Waals surface area contributed by atoms with Crippen molar-refractivity contribution in [3.8, 4) is 0 Å². The fraction of sp³-hybridized carbons (Fsp3) is 0.400. The topological polar surface area (TPSA) is 60.2 Å². The Hall–Kier alpha value is -1.08. The summed E-state index contributed by atoms with van der Waals surface area (Å²) >= 11 is 0. The minimum Gasteiger partial charge on any atom is -0.329 e. The van der Waals surface area contributed by atoms with Crippen LogP contribution in [0.4, 0.5) is 13.2 Å². The number of halogens is 3. The molecule has 0 spiro atoms. The van der Waals surface area contributed by atoms with E-state index in [9.17, 15) is 21.6 Å². The summed E-state index contributed by atoms with van der Waals surface area (Å²) in [5.41, 5.74) is 4.25. The van der Waals surface area contributed by atoms with Gasteiger partial charge < -0.3 is 5.73 Å². The summed E-state index contributed by atoms with van der Waals surface area (Å²) in [7, 11) is -3.70. The van der Waals surface area contributed by atoms with E-state index in [2.05, 4.69) is 0 Å². The van der Waals surface area contributed by atoms with Crippen molar-refractivity contribution in [1.82, 2.24) is 0 Å². The average Bonchev–Trinajstić information content (AvgIpc) is 2.48. The molecule has 1 aromatic carbocycles. The summed E-state index contributed by atoms with van der Waals surface area (Å²) in [5.74, 6) is 0. The molecule has 1 atom stereocenters. The van der Waals surface area contributed by atoms with Gasteiger partial charge in [0.2, 0.25) is 0 Å². The standard InChI is InChI=1S/C10H10F3NO2S/c11-10(12,13)8-2-1-3-9-7(8)4-6(5-14)17(9,15)16/h1-3,6H,4-5,14H2. The molecule has 1 aliphatic rings. The Labute approximate surface area is 96.3 Å². The van der Waals surface area contributed by atoms with Gasteiger partial charge in [-0.2, -0.15) is 13.2 Å². The predicted octanol–water partition coefficient (Wildman–Crippen LogP) is 1.36. The van der Waals surface area contributed by atoms with Gasteiger partial charge in [0.15, 0.2) is 9.84 Å². The van der Waals surface area contributed by atoms with E-state index >= 15 is 0 Å². The molecular weight excluding hydrogens is 255 g/mol. The van der Waals surface area contributed by atoms with Crippen LogP contribution in [0.2, 0.25) is 0 Å². The van der Waals surface area contributed by atoms with Crippen molar-refractivity contribution in [3.63, 3.8) is 0 Å². The van der Waals surface area contributed by atoms with Gasteiger partial charge in [-0.15, -0.1) is 0 Å². The number of fused-ring (bicyclic) bond motifs is 1. The first-order valence-corrected chi connectivity index (χ1v) is 6.46. The molecule has 0 saturated heterocycles. The zero-order valence-electron chi connectivity index (χ0n) is 8.66. The highest BCUT2D eigenvalue weighted by Gasteiger charge is 2.42.